The summed E-state index contributed by atoms with van der Waals surface area (Å²) in [5.74, 6) is -0.666. The van der Waals surface area contributed by atoms with Crippen LogP contribution in [0, 0.1) is 0 Å². The fourth-order valence-corrected chi connectivity index (χ4v) is 5.54. The fraction of sp³-hybridized carbons (Fsp3) is 0.296. The SMILES string of the molecule is CCCCCCCCC(=O)O.c1ccc(P(c2ccccc2)c2ccccc2)cc1. The zero-order chi connectivity index (χ0) is 21.4. The van der Waals surface area contributed by atoms with Crippen molar-refractivity contribution in [3.8, 4) is 0 Å². The van der Waals surface area contributed by atoms with E-state index in [0.717, 1.165) is 12.8 Å². The maximum absolute atomic E-state index is 10.1. The second-order valence-corrected chi connectivity index (χ2v) is 9.47. The number of unbranched alkanes of at least 4 members (excludes halogenated alkanes) is 5. The van der Waals surface area contributed by atoms with Crippen LogP contribution in [0.4, 0.5) is 0 Å². The molecule has 0 bridgehead atoms. The molecule has 0 amide bonds. The highest BCUT2D eigenvalue weighted by Crippen LogP contribution is 2.32. The van der Waals surface area contributed by atoms with Crippen LogP contribution in [-0.2, 0) is 4.79 Å². The monoisotopic (exact) mass is 420 g/mol. The van der Waals surface area contributed by atoms with Crippen molar-refractivity contribution in [3.63, 3.8) is 0 Å². The van der Waals surface area contributed by atoms with Crippen molar-refractivity contribution in [3.05, 3.63) is 91.0 Å². The van der Waals surface area contributed by atoms with Gasteiger partial charge in [-0.3, -0.25) is 4.79 Å². The maximum atomic E-state index is 10.1. The van der Waals surface area contributed by atoms with Crippen LogP contribution >= 0.6 is 7.92 Å². The molecule has 30 heavy (non-hydrogen) atoms. The number of carbonyl (C=O) groups is 1. The molecule has 0 heterocycles. The van der Waals surface area contributed by atoms with Crippen LogP contribution in [0.1, 0.15) is 51.9 Å². The van der Waals surface area contributed by atoms with Gasteiger partial charge in [-0.05, 0) is 30.3 Å². The quantitative estimate of drug-likeness (QED) is 0.310. The predicted molar refractivity (Wildman–Crippen MR) is 131 cm³/mol. The Hall–Kier alpha value is -2.44. The minimum atomic E-state index is -0.666. The van der Waals surface area contributed by atoms with Crippen molar-refractivity contribution in [2.45, 2.75) is 51.9 Å². The van der Waals surface area contributed by atoms with Gasteiger partial charge in [0.25, 0.3) is 0 Å². The molecule has 0 aliphatic carbocycles. The molecule has 2 nitrogen and oxygen atoms in total. The number of rotatable bonds is 10. The standard InChI is InChI=1S/C18H15P.C9H18O2/c1-4-10-16(11-5-1)19(17-12-6-2-7-13-17)18-14-8-3-9-15-18;1-2-3-4-5-6-7-8-9(10)11/h1-15H;2-8H2,1H3,(H,10,11). The highest BCUT2D eigenvalue weighted by molar-refractivity contribution is 7.79. The Morgan fingerprint density at radius 1 is 0.633 bits per heavy atom. The third-order valence-corrected chi connectivity index (χ3v) is 7.23. The van der Waals surface area contributed by atoms with Gasteiger partial charge in [-0.15, -0.1) is 0 Å². The van der Waals surface area contributed by atoms with Gasteiger partial charge >= 0.3 is 5.97 Å². The number of benzene rings is 3. The van der Waals surface area contributed by atoms with Crippen LogP contribution in [0.2, 0.25) is 0 Å². The molecule has 0 atom stereocenters. The third-order valence-electron chi connectivity index (χ3n) is 4.79. The predicted octanol–water partition coefficient (Wildman–Crippen LogP) is 6.27. The molecule has 0 spiro atoms. The largest absolute Gasteiger partial charge is 0.481 e. The second kappa shape index (κ2) is 14.5. The summed E-state index contributed by atoms with van der Waals surface area (Å²) in [6, 6.07) is 32.3. The molecule has 3 heteroatoms. The van der Waals surface area contributed by atoms with E-state index >= 15 is 0 Å². The van der Waals surface area contributed by atoms with Crippen molar-refractivity contribution >= 4 is 29.8 Å². The summed E-state index contributed by atoms with van der Waals surface area (Å²) in [6.45, 7) is 2.18. The number of hydrogen-bond donors (Lipinski definition) is 1. The average Bonchev–Trinajstić information content (AvgIpc) is 2.79. The molecule has 0 aliphatic heterocycles. The molecule has 0 aromatic heterocycles. The van der Waals surface area contributed by atoms with Crippen LogP contribution in [0.5, 0.6) is 0 Å². The first-order chi connectivity index (χ1) is 14.7. The van der Waals surface area contributed by atoms with E-state index in [4.69, 9.17) is 5.11 Å². The Morgan fingerprint density at radius 2 is 1.00 bits per heavy atom. The smallest absolute Gasteiger partial charge is 0.303 e. The van der Waals surface area contributed by atoms with Gasteiger partial charge < -0.3 is 5.11 Å². The van der Waals surface area contributed by atoms with E-state index in [0.29, 0.717) is 6.42 Å². The molecule has 3 aromatic carbocycles. The molecular formula is C27H33O2P. The Labute approximate surface area is 182 Å². The lowest BCUT2D eigenvalue weighted by molar-refractivity contribution is -0.137. The number of aliphatic carboxylic acids is 1. The first-order valence-electron chi connectivity index (χ1n) is 10.9. The van der Waals surface area contributed by atoms with Gasteiger partial charge in [-0.2, -0.15) is 0 Å². The number of carboxylic acids is 1. The summed E-state index contributed by atoms with van der Waals surface area (Å²) >= 11 is 0. The van der Waals surface area contributed by atoms with Gasteiger partial charge in [0.1, 0.15) is 0 Å². The molecule has 1 N–H and O–H groups in total. The molecule has 3 rings (SSSR count). The molecule has 0 fully saturated rings. The maximum Gasteiger partial charge on any atom is 0.303 e. The highest BCUT2D eigenvalue weighted by Gasteiger charge is 2.14. The normalized spacial score (nSPS) is 10.3. The van der Waals surface area contributed by atoms with Gasteiger partial charge in [0, 0.05) is 6.42 Å². The van der Waals surface area contributed by atoms with E-state index in [2.05, 4.69) is 97.9 Å². The highest BCUT2D eigenvalue weighted by atomic mass is 31.1. The molecule has 0 saturated heterocycles. The van der Waals surface area contributed by atoms with Crippen LogP contribution in [0.25, 0.3) is 0 Å². The van der Waals surface area contributed by atoms with Gasteiger partial charge in [0.15, 0.2) is 0 Å². The van der Waals surface area contributed by atoms with Crippen LogP contribution in [-0.4, -0.2) is 11.1 Å². The van der Waals surface area contributed by atoms with Crippen LogP contribution in [0.3, 0.4) is 0 Å². The lowest BCUT2D eigenvalue weighted by atomic mass is 10.1. The van der Waals surface area contributed by atoms with Crippen molar-refractivity contribution < 1.29 is 9.90 Å². The van der Waals surface area contributed by atoms with E-state index in [-0.39, 0.29) is 0 Å². The van der Waals surface area contributed by atoms with Gasteiger partial charge in [-0.25, -0.2) is 0 Å². The summed E-state index contributed by atoms with van der Waals surface area (Å²) in [6.07, 6.45) is 7.25. The molecular weight excluding hydrogens is 387 g/mol. The number of carboxylic acid groups (broad SMARTS) is 1. The molecule has 3 aromatic rings. The zero-order valence-corrected chi connectivity index (χ0v) is 18.8. The minimum Gasteiger partial charge on any atom is -0.481 e. The molecule has 0 radical (unpaired) electrons. The van der Waals surface area contributed by atoms with Gasteiger partial charge in [-0.1, -0.05) is 130 Å². The first-order valence-corrected chi connectivity index (χ1v) is 12.2. The molecule has 0 saturated carbocycles. The third kappa shape index (κ3) is 8.93. The summed E-state index contributed by atoms with van der Waals surface area (Å²) in [7, 11) is -0.446. The van der Waals surface area contributed by atoms with Crippen molar-refractivity contribution in [2.24, 2.45) is 0 Å². The van der Waals surface area contributed by atoms with E-state index in [1.165, 1.54) is 41.6 Å². The fourth-order valence-electron chi connectivity index (χ4n) is 3.23. The van der Waals surface area contributed by atoms with Crippen molar-refractivity contribution in [1.29, 1.82) is 0 Å². The minimum absolute atomic E-state index is 0.339. The van der Waals surface area contributed by atoms with E-state index in [9.17, 15) is 4.79 Å². The Bertz CT molecular complexity index is 725. The van der Waals surface area contributed by atoms with Crippen LogP contribution in [0.15, 0.2) is 91.0 Å². The first kappa shape index (κ1) is 23.8. The van der Waals surface area contributed by atoms with Gasteiger partial charge in [0.2, 0.25) is 0 Å². The lowest BCUT2D eigenvalue weighted by Crippen LogP contribution is -2.20. The van der Waals surface area contributed by atoms with E-state index in [1.54, 1.807) is 0 Å². The molecule has 0 unspecified atom stereocenters. The summed E-state index contributed by atoms with van der Waals surface area (Å²) in [5, 5.41) is 12.5. The van der Waals surface area contributed by atoms with Crippen molar-refractivity contribution in [1.82, 2.24) is 0 Å². The summed E-state index contributed by atoms with van der Waals surface area (Å²) in [4.78, 5) is 10.1. The van der Waals surface area contributed by atoms with E-state index < -0.39 is 13.9 Å². The molecule has 0 aliphatic rings. The Balaban J connectivity index is 0.000000252. The van der Waals surface area contributed by atoms with Gasteiger partial charge in [0.05, 0.1) is 0 Å². The van der Waals surface area contributed by atoms with Crippen molar-refractivity contribution in [2.75, 3.05) is 0 Å². The summed E-state index contributed by atoms with van der Waals surface area (Å²) < 4.78 is 0. The lowest BCUT2D eigenvalue weighted by Gasteiger charge is -2.18. The average molecular weight is 421 g/mol. The van der Waals surface area contributed by atoms with Crippen LogP contribution < -0.4 is 15.9 Å². The molecule has 158 valence electrons. The second-order valence-electron chi connectivity index (χ2n) is 7.25. The zero-order valence-electron chi connectivity index (χ0n) is 17.9. The number of hydrogen-bond acceptors (Lipinski definition) is 1. The topological polar surface area (TPSA) is 37.3 Å². The Kier molecular flexibility index (Phi) is 11.5. The Morgan fingerprint density at radius 3 is 1.37 bits per heavy atom. The summed E-state index contributed by atoms with van der Waals surface area (Å²) in [5.41, 5.74) is 0. The van der Waals surface area contributed by atoms with E-state index in [1.807, 2.05) is 0 Å².